The van der Waals surface area contributed by atoms with Crippen molar-refractivity contribution in [2.45, 2.75) is 13.8 Å². The minimum atomic E-state index is -0.519. The third-order valence-electron chi connectivity index (χ3n) is 3.95. The van der Waals surface area contributed by atoms with Crippen molar-refractivity contribution in [2.75, 3.05) is 0 Å². The van der Waals surface area contributed by atoms with Gasteiger partial charge in [0.2, 0.25) is 5.95 Å². The first kappa shape index (κ1) is 14.4. The van der Waals surface area contributed by atoms with E-state index < -0.39 is 5.95 Å². The number of benzene rings is 1. The molecule has 0 saturated heterocycles. The summed E-state index contributed by atoms with van der Waals surface area (Å²) in [6.45, 7) is 3.90. The van der Waals surface area contributed by atoms with E-state index in [1.807, 2.05) is 44.2 Å². The summed E-state index contributed by atoms with van der Waals surface area (Å²) in [5.74, 6) is -0.519. The lowest BCUT2D eigenvalue weighted by molar-refractivity contribution is 0.582. The average Bonchev–Trinajstić information content (AvgIpc) is 2.97. The summed E-state index contributed by atoms with van der Waals surface area (Å²) in [5, 5.41) is 9.51. The Kier molecular flexibility index (Phi) is 3.30. The number of pyridine rings is 2. The van der Waals surface area contributed by atoms with Crippen LogP contribution in [0.4, 0.5) is 4.39 Å². The molecule has 0 fully saturated rings. The highest BCUT2D eigenvalue weighted by Gasteiger charge is 2.13. The predicted molar refractivity (Wildman–Crippen MR) is 89.3 cm³/mol. The molecule has 0 radical (unpaired) electrons. The molecule has 0 atom stereocenters. The van der Waals surface area contributed by atoms with Gasteiger partial charge in [-0.15, -0.1) is 5.10 Å². The third kappa shape index (κ3) is 2.42. The van der Waals surface area contributed by atoms with E-state index in [0.29, 0.717) is 5.69 Å². The summed E-state index contributed by atoms with van der Waals surface area (Å²) < 4.78 is 14.6. The summed E-state index contributed by atoms with van der Waals surface area (Å²) in [6.07, 6.45) is 1.44. The molecule has 0 spiro atoms. The van der Waals surface area contributed by atoms with Gasteiger partial charge in [-0.3, -0.25) is 4.98 Å². The SMILES string of the molecule is Cc1ccc2cc(-c3nnn(-c4ccc(F)nc4)c3C)ccc2n1. The number of hydrogen-bond donors (Lipinski definition) is 0. The molecular weight excluding hydrogens is 305 g/mol. The first-order chi connectivity index (χ1) is 11.6. The normalized spacial score (nSPS) is 11.1. The lowest BCUT2D eigenvalue weighted by Gasteiger charge is -2.05. The molecule has 4 aromatic rings. The summed E-state index contributed by atoms with van der Waals surface area (Å²) in [7, 11) is 0. The van der Waals surface area contributed by atoms with Crippen molar-refractivity contribution in [3.05, 3.63) is 66.0 Å². The zero-order chi connectivity index (χ0) is 16.7. The fourth-order valence-electron chi connectivity index (χ4n) is 2.71. The van der Waals surface area contributed by atoms with Crippen LogP contribution in [0.1, 0.15) is 11.4 Å². The van der Waals surface area contributed by atoms with Crippen molar-refractivity contribution >= 4 is 10.9 Å². The van der Waals surface area contributed by atoms with Gasteiger partial charge in [0.1, 0.15) is 5.69 Å². The zero-order valence-electron chi connectivity index (χ0n) is 13.2. The van der Waals surface area contributed by atoms with Crippen molar-refractivity contribution in [3.8, 4) is 16.9 Å². The van der Waals surface area contributed by atoms with Gasteiger partial charge in [0.15, 0.2) is 0 Å². The number of fused-ring (bicyclic) bond motifs is 1. The molecule has 4 rings (SSSR count). The maximum absolute atomic E-state index is 13.0. The van der Waals surface area contributed by atoms with E-state index in [0.717, 1.165) is 33.5 Å². The molecule has 0 unspecified atom stereocenters. The smallest absolute Gasteiger partial charge is 0.212 e. The van der Waals surface area contributed by atoms with E-state index >= 15 is 0 Å². The van der Waals surface area contributed by atoms with Gasteiger partial charge in [0, 0.05) is 16.6 Å². The number of aryl methyl sites for hydroxylation is 1. The zero-order valence-corrected chi connectivity index (χ0v) is 13.2. The van der Waals surface area contributed by atoms with Crippen LogP contribution in [-0.4, -0.2) is 25.0 Å². The van der Waals surface area contributed by atoms with Gasteiger partial charge in [0.05, 0.1) is 23.1 Å². The minimum absolute atomic E-state index is 0.519. The molecule has 0 aliphatic heterocycles. The predicted octanol–water partition coefficient (Wildman–Crippen LogP) is 3.63. The Morgan fingerprint density at radius 3 is 2.67 bits per heavy atom. The van der Waals surface area contributed by atoms with Gasteiger partial charge in [0.25, 0.3) is 0 Å². The minimum Gasteiger partial charge on any atom is -0.253 e. The highest BCUT2D eigenvalue weighted by atomic mass is 19.1. The van der Waals surface area contributed by atoms with E-state index in [-0.39, 0.29) is 0 Å². The van der Waals surface area contributed by atoms with Crippen molar-refractivity contribution in [1.29, 1.82) is 0 Å². The van der Waals surface area contributed by atoms with Crippen LogP contribution in [0, 0.1) is 19.8 Å². The molecule has 118 valence electrons. The largest absolute Gasteiger partial charge is 0.253 e. The number of rotatable bonds is 2. The van der Waals surface area contributed by atoms with Crippen LogP contribution in [0.25, 0.3) is 27.8 Å². The highest BCUT2D eigenvalue weighted by Crippen LogP contribution is 2.25. The summed E-state index contributed by atoms with van der Waals surface area (Å²) >= 11 is 0. The molecule has 0 bridgehead atoms. The second-order valence-corrected chi connectivity index (χ2v) is 5.63. The van der Waals surface area contributed by atoms with Gasteiger partial charge in [-0.1, -0.05) is 17.3 Å². The van der Waals surface area contributed by atoms with Crippen LogP contribution in [0.5, 0.6) is 0 Å². The van der Waals surface area contributed by atoms with E-state index in [1.54, 1.807) is 10.7 Å². The monoisotopic (exact) mass is 319 g/mol. The lowest BCUT2D eigenvalue weighted by Crippen LogP contribution is -2.00. The third-order valence-corrected chi connectivity index (χ3v) is 3.95. The maximum Gasteiger partial charge on any atom is 0.212 e. The van der Waals surface area contributed by atoms with Gasteiger partial charge in [-0.05, 0) is 44.2 Å². The van der Waals surface area contributed by atoms with E-state index in [2.05, 4.69) is 20.3 Å². The Balaban J connectivity index is 1.80. The Morgan fingerprint density at radius 2 is 1.88 bits per heavy atom. The fourth-order valence-corrected chi connectivity index (χ4v) is 2.71. The molecule has 3 heterocycles. The molecule has 5 nitrogen and oxygen atoms in total. The lowest BCUT2D eigenvalue weighted by atomic mass is 10.1. The van der Waals surface area contributed by atoms with Crippen LogP contribution in [0.3, 0.4) is 0 Å². The summed E-state index contributed by atoms with van der Waals surface area (Å²) in [5.41, 5.74) is 5.22. The standard InChI is InChI=1S/C18H14FN5/c1-11-3-4-13-9-14(5-7-16(13)21-11)18-12(2)24(23-22-18)15-6-8-17(19)20-10-15/h3-10H,1-2H3. The molecule has 1 aromatic carbocycles. The van der Waals surface area contributed by atoms with E-state index in [1.165, 1.54) is 12.3 Å². The van der Waals surface area contributed by atoms with Crippen molar-refractivity contribution < 1.29 is 4.39 Å². The molecule has 3 aromatic heterocycles. The number of halogens is 1. The van der Waals surface area contributed by atoms with Crippen LogP contribution in [0.2, 0.25) is 0 Å². The second kappa shape index (κ2) is 5.49. The second-order valence-electron chi connectivity index (χ2n) is 5.63. The molecule has 6 heteroatoms. The molecular formula is C18H14FN5. The Bertz CT molecular complexity index is 1040. The molecule has 0 N–H and O–H groups in total. The first-order valence-electron chi connectivity index (χ1n) is 7.54. The Labute approximate surface area is 137 Å². The van der Waals surface area contributed by atoms with Crippen molar-refractivity contribution in [2.24, 2.45) is 0 Å². The van der Waals surface area contributed by atoms with E-state index in [4.69, 9.17) is 0 Å². The number of aromatic nitrogens is 5. The van der Waals surface area contributed by atoms with E-state index in [9.17, 15) is 4.39 Å². The highest BCUT2D eigenvalue weighted by molar-refractivity contribution is 5.84. The topological polar surface area (TPSA) is 56.5 Å². The Hall–Kier alpha value is -3.15. The molecule has 0 saturated carbocycles. The quantitative estimate of drug-likeness (QED) is 0.529. The summed E-state index contributed by atoms with van der Waals surface area (Å²) in [6, 6.07) is 13.0. The number of nitrogens with zero attached hydrogens (tertiary/aromatic N) is 5. The molecule has 0 aliphatic carbocycles. The van der Waals surface area contributed by atoms with Crippen LogP contribution < -0.4 is 0 Å². The van der Waals surface area contributed by atoms with Crippen LogP contribution in [-0.2, 0) is 0 Å². The molecule has 0 aliphatic rings. The fraction of sp³-hybridized carbons (Fsp3) is 0.111. The first-order valence-corrected chi connectivity index (χ1v) is 7.54. The van der Waals surface area contributed by atoms with Crippen molar-refractivity contribution in [1.82, 2.24) is 25.0 Å². The number of hydrogen-bond acceptors (Lipinski definition) is 4. The van der Waals surface area contributed by atoms with Crippen LogP contribution in [0.15, 0.2) is 48.7 Å². The van der Waals surface area contributed by atoms with Gasteiger partial charge >= 0.3 is 0 Å². The maximum atomic E-state index is 13.0. The van der Waals surface area contributed by atoms with Crippen LogP contribution >= 0.6 is 0 Å². The van der Waals surface area contributed by atoms with Gasteiger partial charge < -0.3 is 0 Å². The summed E-state index contributed by atoms with van der Waals surface area (Å²) in [4.78, 5) is 8.17. The Morgan fingerprint density at radius 1 is 1.00 bits per heavy atom. The average molecular weight is 319 g/mol. The van der Waals surface area contributed by atoms with Gasteiger partial charge in [-0.25, -0.2) is 9.67 Å². The molecule has 24 heavy (non-hydrogen) atoms. The molecule has 0 amide bonds. The van der Waals surface area contributed by atoms with Gasteiger partial charge in [-0.2, -0.15) is 4.39 Å². The van der Waals surface area contributed by atoms with Crippen molar-refractivity contribution in [3.63, 3.8) is 0 Å².